The minimum atomic E-state index is -0.512. The van der Waals surface area contributed by atoms with E-state index < -0.39 is 5.25 Å². The number of fused-ring (bicyclic) bond motifs is 1. The van der Waals surface area contributed by atoms with E-state index in [1.807, 2.05) is 25.1 Å². The number of thioether (sulfide) groups is 1. The van der Waals surface area contributed by atoms with E-state index in [1.165, 1.54) is 17.3 Å². The van der Waals surface area contributed by atoms with Crippen LogP contribution in [0, 0.1) is 0 Å². The second kappa shape index (κ2) is 9.88. The first-order valence-electron chi connectivity index (χ1n) is 9.63. The van der Waals surface area contributed by atoms with Gasteiger partial charge in [0, 0.05) is 4.90 Å². The molecular formula is C22H23Cl2NO3S. The van der Waals surface area contributed by atoms with Gasteiger partial charge in [0.25, 0.3) is 0 Å². The fourth-order valence-electron chi connectivity index (χ4n) is 3.13. The zero-order valence-electron chi connectivity index (χ0n) is 16.4. The SMILES string of the molecule is CCCOC(=O)CC1Sc2cc(CC)ccc2N(Cc2ccc(Cl)c(Cl)c2)C1=O. The molecule has 0 N–H and O–H groups in total. The highest BCUT2D eigenvalue weighted by Gasteiger charge is 2.35. The first-order valence-corrected chi connectivity index (χ1v) is 11.3. The molecule has 1 aliphatic heterocycles. The van der Waals surface area contributed by atoms with Gasteiger partial charge in [-0.3, -0.25) is 9.59 Å². The number of hydrogen-bond donors (Lipinski definition) is 0. The average Bonchev–Trinajstić information content (AvgIpc) is 2.71. The number of benzene rings is 2. The lowest BCUT2D eigenvalue weighted by Crippen LogP contribution is -2.41. The van der Waals surface area contributed by atoms with Crippen LogP contribution in [0.1, 0.15) is 37.8 Å². The van der Waals surface area contributed by atoms with Gasteiger partial charge in [-0.25, -0.2) is 0 Å². The molecule has 0 saturated carbocycles. The minimum Gasteiger partial charge on any atom is -0.466 e. The number of nitrogens with zero attached hydrogens (tertiary/aromatic N) is 1. The minimum absolute atomic E-state index is 0.0527. The van der Waals surface area contributed by atoms with Crippen molar-refractivity contribution < 1.29 is 14.3 Å². The Morgan fingerprint density at radius 1 is 1.10 bits per heavy atom. The molecule has 3 rings (SSSR count). The van der Waals surface area contributed by atoms with Crippen LogP contribution in [-0.4, -0.2) is 23.7 Å². The van der Waals surface area contributed by atoms with E-state index in [2.05, 4.69) is 13.0 Å². The quantitative estimate of drug-likeness (QED) is 0.491. The number of carbonyl (C=O) groups excluding carboxylic acids is 2. The number of carbonyl (C=O) groups is 2. The van der Waals surface area contributed by atoms with Crippen molar-refractivity contribution in [3.8, 4) is 0 Å². The summed E-state index contributed by atoms with van der Waals surface area (Å²) in [4.78, 5) is 28.1. The molecule has 1 unspecified atom stereocenters. The van der Waals surface area contributed by atoms with Crippen molar-refractivity contribution in [1.82, 2.24) is 0 Å². The molecule has 0 aliphatic carbocycles. The van der Waals surface area contributed by atoms with E-state index in [0.717, 1.165) is 29.0 Å². The molecule has 1 heterocycles. The highest BCUT2D eigenvalue weighted by Crippen LogP contribution is 2.42. The predicted molar refractivity (Wildman–Crippen MR) is 119 cm³/mol. The zero-order chi connectivity index (χ0) is 21.0. The Labute approximate surface area is 185 Å². The highest BCUT2D eigenvalue weighted by molar-refractivity contribution is 8.01. The molecule has 4 nitrogen and oxygen atoms in total. The summed E-state index contributed by atoms with van der Waals surface area (Å²) in [5.41, 5.74) is 2.91. The number of anilines is 1. The molecule has 154 valence electrons. The predicted octanol–water partition coefficient (Wildman–Crippen LogP) is 5.91. The Hall–Kier alpha value is -1.69. The largest absolute Gasteiger partial charge is 0.466 e. The van der Waals surface area contributed by atoms with Gasteiger partial charge in [0.05, 0.1) is 40.6 Å². The van der Waals surface area contributed by atoms with Gasteiger partial charge in [-0.2, -0.15) is 0 Å². The number of halogens is 2. The molecule has 7 heteroatoms. The first kappa shape index (κ1) is 22.0. The molecule has 1 aliphatic rings. The Kier molecular flexibility index (Phi) is 7.49. The van der Waals surface area contributed by atoms with Gasteiger partial charge in [-0.15, -0.1) is 11.8 Å². The van der Waals surface area contributed by atoms with Crippen LogP contribution in [0.25, 0.3) is 0 Å². The molecule has 0 spiro atoms. The van der Waals surface area contributed by atoms with Gasteiger partial charge in [-0.1, -0.05) is 49.2 Å². The Morgan fingerprint density at radius 2 is 1.86 bits per heavy atom. The van der Waals surface area contributed by atoms with Crippen molar-refractivity contribution in [3.63, 3.8) is 0 Å². The Morgan fingerprint density at radius 3 is 2.55 bits per heavy atom. The number of rotatable bonds is 7. The highest BCUT2D eigenvalue weighted by atomic mass is 35.5. The van der Waals surface area contributed by atoms with Crippen LogP contribution in [0.4, 0.5) is 5.69 Å². The molecule has 0 saturated heterocycles. The summed E-state index contributed by atoms with van der Waals surface area (Å²) in [7, 11) is 0. The zero-order valence-corrected chi connectivity index (χ0v) is 18.7. The fraction of sp³-hybridized carbons (Fsp3) is 0.364. The molecule has 0 fully saturated rings. The molecule has 0 radical (unpaired) electrons. The first-order chi connectivity index (χ1) is 13.9. The average molecular weight is 452 g/mol. The lowest BCUT2D eigenvalue weighted by molar-refractivity contribution is -0.144. The molecule has 2 aromatic rings. The second-order valence-corrected chi connectivity index (χ2v) is 8.92. The van der Waals surface area contributed by atoms with Crippen LogP contribution < -0.4 is 4.90 Å². The van der Waals surface area contributed by atoms with E-state index in [9.17, 15) is 9.59 Å². The van der Waals surface area contributed by atoms with Crippen molar-refractivity contribution in [3.05, 3.63) is 57.6 Å². The van der Waals surface area contributed by atoms with Gasteiger partial charge in [0.1, 0.15) is 0 Å². The van der Waals surface area contributed by atoms with Gasteiger partial charge in [-0.05, 0) is 48.2 Å². The van der Waals surface area contributed by atoms with Gasteiger partial charge in [0.2, 0.25) is 5.91 Å². The van der Waals surface area contributed by atoms with E-state index >= 15 is 0 Å². The number of ether oxygens (including phenoxy) is 1. The topological polar surface area (TPSA) is 46.6 Å². The summed E-state index contributed by atoms with van der Waals surface area (Å²) < 4.78 is 5.20. The summed E-state index contributed by atoms with van der Waals surface area (Å²) >= 11 is 13.6. The molecule has 1 atom stereocenters. The maximum Gasteiger partial charge on any atom is 0.307 e. The molecule has 29 heavy (non-hydrogen) atoms. The van der Waals surface area contributed by atoms with Crippen molar-refractivity contribution in [2.75, 3.05) is 11.5 Å². The summed E-state index contributed by atoms with van der Waals surface area (Å²) in [5.74, 6) is -0.450. The summed E-state index contributed by atoms with van der Waals surface area (Å²) in [5, 5.41) is 0.409. The molecular weight excluding hydrogens is 429 g/mol. The molecule has 0 bridgehead atoms. The normalized spacial score (nSPS) is 15.9. The van der Waals surface area contributed by atoms with Crippen molar-refractivity contribution >= 4 is 52.5 Å². The van der Waals surface area contributed by atoms with E-state index in [0.29, 0.717) is 23.2 Å². The van der Waals surface area contributed by atoms with E-state index in [4.69, 9.17) is 27.9 Å². The van der Waals surface area contributed by atoms with Crippen LogP contribution >= 0.6 is 35.0 Å². The Balaban J connectivity index is 1.90. The number of esters is 1. The van der Waals surface area contributed by atoms with Gasteiger partial charge in [0.15, 0.2) is 0 Å². The third kappa shape index (κ3) is 5.27. The third-order valence-corrected chi connectivity index (χ3v) is 6.65. The molecule has 1 amide bonds. The number of hydrogen-bond acceptors (Lipinski definition) is 4. The van der Waals surface area contributed by atoms with Crippen molar-refractivity contribution in [1.29, 1.82) is 0 Å². The van der Waals surface area contributed by atoms with Crippen molar-refractivity contribution in [2.24, 2.45) is 0 Å². The smallest absolute Gasteiger partial charge is 0.307 e. The lowest BCUT2D eigenvalue weighted by atomic mass is 10.1. The second-order valence-electron chi connectivity index (χ2n) is 6.86. The van der Waals surface area contributed by atoms with Crippen LogP contribution in [-0.2, 0) is 27.3 Å². The van der Waals surface area contributed by atoms with Crippen LogP contribution in [0.5, 0.6) is 0 Å². The van der Waals surface area contributed by atoms with E-state index in [1.54, 1.807) is 17.0 Å². The third-order valence-electron chi connectivity index (χ3n) is 4.68. The summed E-state index contributed by atoms with van der Waals surface area (Å²) in [6.07, 6.45) is 1.71. The maximum absolute atomic E-state index is 13.2. The number of aryl methyl sites for hydroxylation is 1. The van der Waals surface area contributed by atoms with Crippen molar-refractivity contribution in [2.45, 2.75) is 49.8 Å². The summed E-state index contributed by atoms with van der Waals surface area (Å²) in [6, 6.07) is 11.5. The van der Waals surface area contributed by atoms with Crippen LogP contribution in [0.3, 0.4) is 0 Å². The van der Waals surface area contributed by atoms with Gasteiger partial charge >= 0.3 is 5.97 Å². The summed E-state index contributed by atoms with van der Waals surface area (Å²) in [6.45, 7) is 4.76. The fourth-order valence-corrected chi connectivity index (χ4v) is 4.72. The Bertz CT molecular complexity index is 919. The van der Waals surface area contributed by atoms with Crippen LogP contribution in [0.15, 0.2) is 41.3 Å². The number of amides is 1. The lowest BCUT2D eigenvalue weighted by Gasteiger charge is -2.34. The van der Waals surface area contributed by atoms with E-state index in [-0.39, 0.29) is 18.3 Å². The molecule has 2 aromatic carbocycles. The monoisotopic (exact) mass is 451 g/mol. The van der Waals surface area contributed by atoms with Crippen LogP contribution in [0.2, 0.25) is 10.0 Å². The van der Waals surface area contributed by atoms with Gasteiger partial charge < -0.3 is 9.64 Å². The molecule has 0 aromatic heterocycles. The standard InChI is InChI=1S/C22H23Cl2NO3S/c1-3-9-28-21(26)12-20-22(27)25(13-15-5-7-16(23)17(24)10-15)18-8-6-14(4-2)11-19(18)29-20/h5-8,10-11,20H,3-4,9,12-13H2,1-2H3. The maximum atomic E-state index is 13.2.